The Balaban J connectivity index is 1.46. The quantitative estimate of drug-likeness (QED) is 0.865. The minimum atomic E-state index is -0.190. The second kappa shape index (κ2) is 6.38. The highest BCUT2D eigenvalue weighted by atomic mass is 19.1. The summed E-state index contributed by atoms with van der Waals surface area (Å²) in [6.07, 6.45) is 7.70. The molecule has 3 unspecified atom stereocenters. The third-order valence-electron chi connectivity index (χ3n) is 5.28. The summed E-state index contributed by atoms with van der Waals surface area (Å²) in [5, 5.41) is 4.27. The topological polar surface area (TPSA) is 38.1 Å². The van der Waals surface area contributed by atoms with E-state index in [0.29, 0.717) is 5.56 Å². The number of nitrogens with zero attached hydrogens (tertiary/aromatic N) is 3. The Morgan fingerprint density at radius 1 is 1.25 bits per heavy atom. The van der Waals surface area contributed by atoms with Crippen molar-refractivity contribution in [1.82, 2.24) is 14.7 Å². The van der Waals surface area contributed by atoms with Crippen molar-refractivity contribution < 1.29 is 9.18 Å². The average Bonchev–Trinajstić information content (AvgIpc) is 3.23. The van der Waals surface area contributed by atoms with E-state index in [-0.39, 0.29) is 29.6 Å². The van der Waals surface area contributed by atoms with Gasteiger partial charge in [-0.15, -0.1) is 0 Å². The Morgan fingerprint density at radius 3 is 2.92 bits per heavy atom. The summed E-state index contributed by atoms with van der Waals surface area (Å²) >= 11 is 0. The fourth-order valence-corrected chi connectivity index (χ4v) is 3.91. The van der Waals surface area contributed by atoms with E-state index in [1.165, 1.54) is 6.07 Å². The SMILES string of the molecule is O=C(C1CC1c1ccccc1F)N1CCCCC1Cn1cccn1. The van der Waals surface area contributed by atoms with Crippen molar-refractivity contribution in [2.45, 2.75) is 44.2 Å². The van der Waals surface area contributed by atoms with Gasteiger partial charge in [-0.25, -0.2) is 4.39 Å². The fourth-order valence-electron chi connectivity index (χ4n) is 3.91. The van der Waals surface area contributed by atoms with E-state index in [2.05, 4.69) is 5.10 Å². The number of carbonyl (C=O) groups is 1. The van der Waals surface area contributed by atoms with Crippen LogP contribution in [0.2, 0.25) is 0 Å². The van der Waals surface area contributed by atoms with Gasteiger partial charge in [0.05, 0.1) is 12.6 Å². The van der Waals surface area contributed by atoms with Crippen LogP contribution in [0.4, 0.5) is 4.39 Å². The number of benzene rings is 1. The molecule has 1 aromatic carbocycles. The molecule has 1 saturated heterocycles. The highest BCUT2D eigenvalue weighted by Crippen LogP contribution is 2.49. The normalized spacial score (nSPS) is 26.4. The van der Waals surface area contributed by atoms with E-state index in [0.717, 1.165) is 38.8 Å². The van der Waals surface area contributed by atoms with Gasteiger partial charge in [0.1, 0.15) is 5.82 Å². The van der Waals surface area contributed by atoms with Gasteiger partial charge >= 0.3 is 0 Å². The van der Waals surface area contributed by atoms with Gasteiger partial charge in [-0.05, 0) is 49.3 Å². The molecule has 1 aliphatic heterocycles. The van der Waals surface area contributed by atoms with Gasteiger partial charge in [0.25, 0.3) is 0 Å². The average molecular weight is 327 g/mol. The summed E-state index contributed by atoms with van der Waals surface area (Å²) in [4.78, 5) is 15.0. The van der Waals surface area contributed by atoms with Crippen LogP contribution in [-0.2, 0) is 11.3 Å². The Kier molecular flexibility index (Phi) is 4.08. The number of likely N-dealkylation sites (tertiary alicyclic amines) is 1. The maximum atomic E-state index is 14.0. The molecule has 0 bridgehead atoms. The van der Waals surface area contributed by atoms with E-state index >= 15 is 0 Å². The highest BCUT2D eigenvalue weighted by Gasteiger charge is 2.48. The smallest absolute Gasteiger partial charge is 0.226 e. The molecule has 4 rings (SSSR count). The summed E-state index contributed by atoms with van der Waals surface area (Å²) in [6.45, 7) is 1.56. The standard InChI is InChI=1S/C19H22FN3O/c20-18-8-2-1-7-15(18)16-12-17(16)19(24)23-11-4-3-6-14(23)13-22-10-5-9-21-22/h1-2,5,7-10,14,16-17H,3-4,6,11-13H2. The third kappa shape index (κ3) is 2.95. The maximum absolute atomic E-state index is 14.0. The van der Waals surface area contributed by atoms with Crippen molar-refractivity contribution in [2.24, 2.45) is 5.92 Å². The van der Waals surface area contributed by atoms with E-state index < -0.39 is 0 Å². The fraction of sp³-hybridized carbons (Fsp3) is 0.474. The minimum Gasteiger partial charge on any atom is -0.338 e. The number of piperidine rings is 1. The number of halogens is 1. The Bertz CT molecular complexity index is 715. The van der Waals surface area contributed by atoms with Crippen LogP contribution >= 0.6 is 0 Å². The van der Waals surface area contributed by atoms with E-state index in [9.17, 15) is 9.18 Å². The molecule has 2 fully saturated rings. The zero-order valence-corrected chi connectivity index (χ0v) is 13.6. The molecular formula is C19H22FN3O. The molecule has 3 atom stereocenters. The summed E-state index contributed by atoms with van der Waals surface area (Å²) in [7, 11) is 0. The first-order valence-corrected chi connectivity index (χ1v) is 8.76. The van der Waals surface area contributed by atoms with Gasteiger partial charge in [0.15, 0.2) is 0 Å². The molecule has 4 nitrogen and oxygen atoms in total. The molecule has 24 heavy (non-hydrogen) atoms. The van der Waals surface area contributed by atoms with Crippen LogP contribution in [0, 0.1) is 11.7 Å². The van der Waals surface area contributed by atoms with Crippen molar-refractivity contribution in [3.8, 4) is 0 Å². The Morgan fingerprint density at radius 2 is 2.12 bits per heavy atom. The lowest BCUT2D eigenvalue weighted by Crippen LogP contribution is -2.46. The number of hydrogen-bond donors (Lipinski definition) is 0. The first kappa shape index (κ1) is 15.4. The number of amides is 1. The lowest BCUT2D eigenvalue weighted by atomic mass is 10.0. The molecule has 0 spiro atoms. The molecular weight excluding hydrogens is 305 g/mol. The number of rotatable bonds is 4. The van der Waals surface area contributed by atoms with Gasteiger partial charge < -0.3 is 4.90 Å². The first-order chi connectivity index (χ1) is 11.7. The van der Waals surface area contributed by atoms with Crippen molar-refractivity contribution in [3.05, 3.63) is 54.1 Å². The lowest BCUT2D eigenvalue weighted by molar-refractivity contribution is -0.136. The van der Waals surface area contributed by atoms with Gasteiger partial charge in [-0.3, -0.25) is 9.48 Å². The Hall–Kier alpha value is -2.17. The molecule has 126 valence electrons. The monoisotopic (exact) mass is 327 g/mol. The van der Waals surface area contributed by atoms with Crippen LogP contribution < -0.4 is 0 Å². The van der Waals surface area contributed by atoms with Crippen molar-refractivity contribution >= 4 is 5.91 Å². The second-order valence-corrected chi connectivity index (χ2v) is 6.88. The predicted molar refractivity (Wildman–Crippen MR) is 88.8 cm³/mol. The molecule has 1 amide bonds. The van der Waals surface area contributed by atoms with Crippen molar-refractivity contribution in [3.63, 3.8) is 0 Å². The van der Waals surface area contributed by atoms with E-state index in [1.807, 2.05) is 34.0 Å². The van der Waals surface area contributed by atoms with Crippen molar-refractivity contribution in [2.75, 3.05) is 6.54 Å². The molecule has 1 aliphatic carbocycles. The summed E-state index contributed by atoms with van der Waals surface area (Å²) in [6, 6.07) is 8.95. The van der Waals surface area contributed by atoms with Crippen LogP contribution in [-0.4, -0.2) is 33.2 Å². The first-order valence-electron chi connectivity index (χ1n) is 8.76. The van der Waals surface area contributed by atoms with Crippen LogP contribution in [0.1, 0.15) is 37.2 Å². The third-order valence-corrected chi connectivity index (χ3v) is 5.28. The van der Waals surface area contributed by atoms with Crippen LogP contribution in [0.15, 0.2) is 42.7 Å². The molecule has 0 N–H and O–H groups in total. The van der Waals surface area contributed by atoms with Gasteiger partial charge in [-0.2, -0.15) is 5.10 Å². The molecule has 2 aliphatic rings. The molecule has 5 heteroatoms. The summed E-state index contributed by atoms with van der Waals surface area (Å²) < 4.78 is 15.9. The van der Waals surface area contributed by atoms with Gasteiger partial charge in [0, 0.05) is 24.9 Å². The predicted octanol–water partition coefficient (Wildman–Crippen LogP) is 3.21. The molecule has 0 radical (unpaired) electrons. The van der Waals surface area contributed by atoms with Crippen LogP contribution in [0.3, 0.4) is 0 Å². The number of hydrogen-bond acceptors (Lipinski definition) is 2. The zero-order valence-electron chi connectivity index (χ0n) is 13.6. The highest BCUT2D eigenvalue weighted by molar-refractivity contribution is 5.83. The molecule has 1 aromatic heterocycles. The second-order valence-electron chi connectivity index (χ2n) is 6.88. The molecule has 1 saturated carbocycles. The van der Waals surface area contributed by atoms with E-state index in [4.69, 9.17) is 0 Å². The van der Waals surface area contributed by atoms with Crippen LogP contribution in [0.25, 0.3) is 0 Å². The summed E-state index contributed by atoms with van der Waals surface area (Å²) in [5.74, 6) is -0.00394. The summed E-state index contributed by atoms with van der Waals surface area (Å²) in [5.41, 5.74) is 0.691. The van der Waals surface area contributed by atoms with Gasteiger partial charge in [0.2, 0.25) is 5.91 Å². The number of aromatic nitrogens is 2. The zero-order chi connectivity index (χ0) is 16.5. The maximum Gasteiger partial charge on any atom is 0.226 e. The molecule has 2 heterocycles. The number of carbonyl (C=O) groups excluding carboxylic acids is 1. The van der Waals surface area contributed by atoms with Crippen LogP contribution in [0.5, 0.6) is 0 Å². The molecule has 2 aromatic rings. The van der Waals surface area contributed by atoms with E-state index in [1.54, 1.807) is 12.3 Å². The van der Waals surface area contributed by atoms with Gasteiger partial charge in [-0.1, -0.05) is 18.2 Å². The Labute approximate surface area is 141 Å². The largest absolute Gasteiger partial charge is 0.338 e. The lowest BCUT2D eigenvalue weighted by Gasteiger charge is -2.36. The minimum absolute atomic E-state index is 0.0472. The van der Waals surface area contributed by atoms with Crippen molar-refractivity contribution in [1.29, 1.82) is 0 Å².